The van der Waals surface area contributed by atoms with Crippen molar-refractivity contribution in [3.63, 3.8) is 0 Å². The summed E-state index contributed by atoms with van der Waals surface area (Å²) < 4.78 is -1.38. The van der Waals surface area contributed by atoms with E-state index in [-0.39, 0.29) is 17.7 Å². The average molecular weight is 293 g/mol. The number of benzene rings is 1. The molecular formula is C12H12Cl3NO. The molecule has 1 saturated heterocycles. The summed E-state index contributed by atoms with van der Waals surface area (Å²) in [4.78, 5) is 13.7. The van der Waals surface area contributed by atoms with Crippen molar-refractivity contribution in [2.24, 2.45) is 5.92 Å². The molecule has 92 valence electrons. The molecule has 1 aromatic carbocycles. The van der Waals surface area contributed by atoms with Gasteiger partial charge in [0.25, 0.3) is 5.91 Å². The van der Waals surface area contributed by atoms with Crippen LogP contribution in [-0.4, -0.2) is 27.6 Å². The van der Waals surface area contributed by atoms with Crippen LogP contribution in [0.15, 0.2) is 30.3 Å². The number of alkyl halides is 3. The van der Waals surface area contributed by atoms with Gasteiger partial charge in [0.05, 0.1) is 0 Å². The van der Waals surface area contributed by atoms with E-state index in [1.165, 1.54) is 0 Å². The van der Waals surface area contributed by atoms with Gasteiger partial charge in [-0.2, -0.15) is 0 Å². The Morgan fingerprint density at radius 3 is 2.47 bits per heavy atom. The van der Waals surface area contributed by atoms with Gasteiger partial charge < -0.3 is 4.90 Å². The van der Waals surface area contributed by atoms with E-state index in [1.807, 2.05) is 30.3 Å². The van der Waals surface area contributed by atoms with Gasteiger partial charge in [-0.3, -0.25) is 4.79 Å². The van der Waals surface area contributed by atoms with Crippen LogP contribution in [0, 0.1) is 5.92 Å². The Bertz CT molecular complexity index is 407. The first kappa shape index (κ1) is 13.0. The summed E-state index contributed by atoms with van der Waals surface area (Å²) in [6.45, 7) is 1.03. The summed E-state index contributed by atoms with van der Waals surface area (Å²) >= 11 is 17.8. The van der Waals surface area contributed by atoms with Crippen LogP contribution >= 0.6 is 34.8 Å². The number of hydrogen-bond donors (Lipinski definition) is 0. The molecule has 1 aliphatic rings. The highest BCUT2D eigenvalue weighted by molar-refractivity contribution is 6.59. The van der Waals surface area contributed by atoms with E-state index in [2.05, 4.69) is 0 Å². The number of nitrogens with zero attached hydrogens (tertiary/aromatic N) is 1. The summed E-state index contributed by atoms with van der Waals surface area (Å²) in [6, 6.07) is 9.73. The normalized spacial score (nSPS) is 23.1. The molecule has 17 heavy (non-hydrogen) atoms. The summed E-state index contributed by atoms with van der Waals surface area (Å²) in [5.74, 6) is -0.191. The number of likely N-dealkylation sites (tertiary alicyclic amines) is 1. The molecule has 0 bridgehead atoms. The van der Waals surface area contributed by atoms with Gasteiger partial charge in [0.2, 0.25) is 4.33 Å². The van der Waals surface area contributed by atoms with Gasteiger partial charge in [0.15, 0.2) is 0 Å². The Labute approximate surface area is 115 Å². The van der Waals surface area contributed by atoms with E-state index in [9.17, 15) is 4.79 Å². The molecule has 2 rings (SSSR count). The minimum Gasteiger partial charge on any atom is -0.335 e. The van der Waals surface area contributed by atoms with Gasteiger partial charge >= 0.3 is 0 Å². The summed E-state index contributed by atoms with van der Waals surface area (Å²) in [5.41, 5.74) is 1.06. The highest BCUT2D eigenvalue weighted by Crippen LogP contribution is 2.40. The second-order valence-corrected chi connectivity index (χ2v) is 5.84. The van der Waals surface area contributed by atoms with E-state index in [4.69, 9.17) is 34.8 Å². The second-order valence-electron chi connectivity index (χ2n) is 4.15. The Morgan fingerprint density at radius 1 is 1.29 bits per heavy atom. The van der Waals surface area contributed by atoms with Crippen LogP contribution in [-0.2, 0) is 11.3 Å². The number of rotatable bonds is 3. The Hall–Kier alpha value is -0.440. The lowest BCUT2D eigenvalue weighted by molar-refractivity contribution is -0.128. The molecule has 0 saturated carbocycles. The zero-order valence-corrected chi connectivity index (χ0v) is 11.3. The first-order valence-corrected chi connectivity index (χ1v) is 6.62. The number of halogens is 3. The third-order valence-corrected chi connectivity index (χ3v) is 4.24. The van der Waals surface area contributed by atoms with Crippen LogP contribution in [0.2, 0.25) is 0 Å². The lowest BCUT2D eigenvalue weighted by Gasteiger charge is -2.17. The smallest absolute Gasteiger partial charge is 0.259 e. The predicted molar refractivity (Wildman–Crippen MR) is 70.5 cm³/mol. The highest BCUT2D eigenvalue weighted by atomic mass is 35.5. The van der Waals surface area contributed by atoms with Crippen molar-refractivity contribution in [1.82, 2.24) is 4.90 Å². The summed E-state index contributed by atoms with van der Waals surface area (Å²) in [6.07, 6.45) is 0. The van der Waals surface area contributed by atoms with E-state index in [0.717, 1.165) is 5.56 Å². The molecule has 0 N–H and O–H groups in total. The Kier molecular flexibility index (Phi) is 3.86. The molecule has 0 radical (unpaired) electrons. The fraction of sp³-hybridized carbons (Fsp3) is 0.417. The Balaban J connectivity index is 2.12. The molecule has 5 heteroatoms. The molecule has 0 spiro atoms. The quantitative estimate of drug-likeness (QED) is 0.784. The minimum atomic E-state index is -1.38. The first-order chi connectivity index (χ1) is 8.05. The van der Waals surface area contributed by atoms with Gasteiger partial charge in [-0.1, -0.05) is 53.5 Å². The van der Waals surface area contributed by atoms with E-state index in [1.54, 1.807) is 4.90 Å². The van der Waals surface area contributed by atoms with Crippen molar-refractivity contribution < 1.29 is 4.79 Å². The first-order valence-electron chi connectivity index (χ1n) is 5.32. The maximum absolute atomic E-state index is 12.0. The lowest BCUT2D eigenvalue weighted by atomic mass is 10.1. The van der Waals surface area contributed by atoms with Crippen molar-refractivity contribution in [2.75, 3.05) is 12.4 Å². The molecular weight excluding hydrogens is 280 g/mol. The predicted octanol–water partition coefficient (Wildman–Crippen LogP) is 3.06. The molecule has 0 aliphatic carbocycles. The minimum absolute atomic E-state index is 0.219. The molecule has 1 aliphatic heterocycles. The van der Waals surface area contributed by atoms with Crippen LogP contribution in [0.25, 0.3) is 0 Å². The molecule has 2 nitrogen and oxygen atoms in total. The molecule has 1 amide bonds. The molecule has 1 aromatic rings. The number of amides is 1. The molecule has 1 atom stereocenters. The largest absolute Gasteiger partial charge is 0.335 e. The van der Waals surface area contributed by atoms with Gasteiger partial charge in [0, 0.05) is 24.9 Å². The van der Waals surface area contributed by atoms with E-state index in [0.29, 0.717) is 13.1 Å². The van der Waals surface area contributed by atoms with Crippen molar-refractivity contribution in [3.05, 3.63) is 35.9 Å². The number of hydrogen-bond acceptors (Lipinski definition) is 1. The van der Waals surface area contributed by atoms with Gasteiger partial charge in [-0.15, -0.1) is 11.6 Å². The van der Waals surface area contributed by atoms with Gasteiger partial charge in [0.1, 0.15) is 0 Å². The topological polar surface area (TPSA) is 20.3 Å². The zero-order valence-electron chi connectivity index (χ0n) is 9.07. The third kappa shape index (κ3) is 2.54. The Morgan fingerprint density at radius 2 is 1.94 bits per heavy atom. The monoisotopic (exact) mass is 291 g/mol. The SMILES string of the molecule is O=C1N(Cc2ccccc2)C[C@@H](CCl)C1(Cl)Cl. The van der Waals surface area contributed by atoms with Crippen molar-refractivity contribution >= 4 is 40.7 Å². The molecule has 1 heterocycles. The van der Waals surface area contributed by atoms with E-state index >= 15 is 0 Å². The third-order valence-electron chi connectivity index (χ3n) is 2.93. The molecule has 1 fully saturated rings. The highest BCUT2D eigenvalue weighted by Gasteiger charge is 2.51. The van der Waals surface area contributed by atoms with E-state index < -0.39 is 4.33 Å². The fourth-order valence-electron chi connectivity index (χ4n) is 1.93. The number of carbonyl (C=O) groups is 1. The molecule has 0 aromatic heterocycles. The summed E-state index contributed by atoms with van der Waals surface area (Å²) in [5, 5.41) is 0. The average Bonchev–Trinajstić information content (AvgIpc) is 2.54. The van der Waals surface area contributed by atoms with Crippen LogP contribution in [0.1, 0.15) is 5.56 Å². The maximum Gasteiger partial charge on any atom is 0.259 e. The maximum atomic E-state index is 12.0. The number of carbonyl (C=O) groups excluding carboxylic acids is 1. The fourth-order valence-corrected chi connectivity index (χ4v) is 2.95. The second kappa shape index (κ2) is 5.05. The standard InChI is InChI=1S/C12H12Cl3NO/c13-6-10-8-16(11(17)12(10,14)15)7-9-4-2-1-3-5-9/h1-5,10H,6-8H2/t10-/m1/s1. The van der Waals surface area contributed by atoms with Crippen LogP contribution in [0.4, 0.5) is 0 Å². The van der Waals surface area contributed by atoms with Gasteiger partial charge in [-0.05, 0) is 5.56 Å². The molecule has 0 unspecified atom stereocenters. The van der Waals surface area contributed by atoms with Crippen LogP contribution < -0.4 is 0 Å². The van der Waals surface area contributed by atoms with Crippen LogP contribution in [0.3, 0.4) is 0 Å². The van der Waals surface area contributed by atoms with Crippen molar-refractivity contribution in [2.45, 2.75) is 10.9 Å². The van der Waals surface area contributed by atoms with Crippen molar-refractivity contribution in [3.8, 4) is 0 Å². The lowest BCUT2D eigenvalue weighted by Crippen LogP contribution is -2.33. The summed E-state index contributed by atoms with van der Waals surface area (Å²) in [7, 11) is 0. The van der Waals surface area contributed by atoms with Crippen molar-refractivity contribution in [1.29, 1.82) is 0 Å². The van der Waals surface area contributed by atoms with Gasteiger partial charge in [-0.25, -0.2) is 0 Å². The van der Waals surface area contributed by atoms with Crippen LogP contribution in [0.5, 0.6) is 0 Å². The zero-order chi connectivity index (χ0) is 12.5.